The third-order valence-corrected chi connectivity index (χ3v) is 4.61. The quantitative estimate of drug-likeness (QED) is 0.400. The molecule has 0 aliphatic heterocycles. The smallest absolute Gasteiger partial charge is 0.306 e. The van der Waals surface area contributed by atoms with Gasteiger partial charge in [-0.05, 0) is 74.0 Å². The summed E-state index contributed by atoms with van der Waals surface area (Å²) in [7, 11) is 0. The summed E-state index contributed by atoms with van der Waals surface area (Å²) < 4.78 is 6.13. The Labute approximate surface area is 184 Å². The van der Waals surface area contributed by atoms with Crippen molar-refractivity contribution in [1.29, 1.82) is 0 Å². The fourth-order valence-electron chi connectivity index (χ4n) is 2.42. The molecule has 29 heavy (non-hydrogen) atoms. The number of halogens is 1. The van der Waals surface area contributed by atoms with Gasteiger partial charge in [-0.3, -0.25) is 14.6 Å². The van der Waals surface area contributed by atoms with Gasteiger partial charge in [-0.15, -0.1) is 0 Å². The van der Waals surface area contributed by atoms with Crippen LogP contribution in [0.2, 0.25) is 0 Å². The molecule has 0 spiro atoms. The number of aromatic nitrogens is 1. The molecule has 5 nitrogen and oxygen atoms in total. The lowest BCUT2D eigenvalue weighted by Crippen LogP contribution is -2.24. The van der Waals surface area contributed by atoms with E-state index in [0.717, 1.165) is 28.6 Å². The van der Waals surface area contributed by atoms with E-state index in [1.807, 2.05) is 67.5 Å². The summed E-state index contributed by atoms with van der Waals surface area (Å²) in [6, 6.07) is 1.96. The van der Waals surface area contributed by atoms with Gasteiger partial charge in [-0.1, -0.05) is 33.8 Å². The van der Waals surface area contributed by atoms with Gasteiger partial charge >= 0.3 is 5.97 Å². The first-order chi connectivity index (χ1) is 13.3. The highest BCUT2D eigenvalue weighted by molar-refractivity contribution is 9.10. The maximum Gasteiger partial charge on any atom is 0.306 e. The zero-order chi connectivity index (χ0) is 22.8. The first-order valence-corrected chi connectivity index (χ1v) is 10.9. The molecular weight excluding hydrogens is 432 g/mol. The number of carbonyl (C=O) groups excluding carboxylic acids is 2. The summed E-state index contributed by atoms with van der Waals surface area (Å²) in [5.41, 5.74) is 7.80. The molecule has 0 aliphatic rings. The van der Waals surface area contributed by atoms with Crippen LogP contribution in [0, 0.1) is 11.8 Å². The number of rotatable bonds is 7. The van der Waals surface area contributed by atoms with Crippen molar-refractivity contribution >= 4 is 27.7 Å². The minimum Gasteiger partial charge on any atom is -0.460 e. The molecule has 0 radical (unpaired) electrons. The first-order valence-electron chi connectivity index (χ1n) is 10.1. The molecule has 2 N–H and O–H groups in total. The summed E-state index contributed by atoms with van der Waals surface area (Å²) in [5.74, 6) is 0.212. The maximum atomic E-state index is 11.8. The van der Waals surface area contributed by atoms with Gasteiger partial charge in [-0.25, -0.2) is 0 Å². The van der Waals surface area contributed by atoms with E-state index in [-0.39, 0.29) is 23.6 Å². The monoisotopic (exact) mass is 468 g/mol. The highest BCUT2D eigenvalue weighted by Gasteiger charge is 2.17. The number of pyridine rings is 1. The molecule has 1 atom stereocenters. The van der Waals surface area contributed by atoms with Gasteiger partial charge in [0.1, 0.15) is 11.3 Å². The summed E-state index contributed by atoms with van der Waals surface area (Å²) in [4.78, 5) is 27.3. The fourth-order valence-corrected chi connectivity index (χ4v) is 2.80. The number of Topliss-reactive ketones (excluding diaryl/α,β-unsaturated/α-hetero) is 1. The molecular formula is C23H37BrN2O3. The summed E-state index contributed by atoms with van der Waals surface area (Å²) >= 11 is 3.35. The molecule has 1 rings (SSSR count). The van der Waals surface area contributed by atoms with E-state index in [4.69, 9.17) is 10.5 Å². The van der Waals surface area contributed by atoms with E-state index in [9.17, 15) is 9.59 Å². The molecule has 1 heterocycles. The van der Waals surface area contributed by atoms with Crippen LogP contribution in [0.3, 0.4) is 0 Å². The average molecular weight is 469 g/mol. The molecule has 0 fully saturated rings. The van der Waals surface area contributed by atoms with Crippen molar-refractivity contribution in [1.82, 2.24) is 4.98 Å². The number of aryl methyl sites for hydroxylation is 1. The topological polar surface area (TPSA) is 82.3 Å². The number of carbonyl (C=O) groups is 2. The Balaban J connectivity index is 0.000000541. The third kappa shape index (κ3) is 11.2. The molecule has 1 aromatic rings. The van der Waals surface area contributed by atoms with Crippen LogP contribution in [-0.4, -0.2) is 22.3 Å². The lowest BCUT2D eigenvalue weighted by atomic mass is 10.0. The number of nitrogens with zero attached hydrogens (tertiary/aromatic N) is 1. The largest absolute Gasteiger partial charge is 0.460 e. The average Bonchev–Trinajstić information content (AvgIpc) is 2.63. The molecule has 164 valence electrons. The van der Waals surface area contributed by atoms with Crippen LogP contribution in [-0.2, 0) is 16.0 Å². The number of ether oxygens (including phenoxy) is 1. The first kappa shape index (κ1) is 27.3. The number of ketones is 1. The molecule has 1 aromatic heterocycles. The number of allylic oxidation sites excluding steroid dienone is 2. The standard InChI is InChI=1S/C12H23NO2.C11H14BrNO/c1-6-10(13)9(2)7-8-11(14)15-12(3,4)5;1-4-8-5-9(12)6-13-10(8)11(14)7(2)3/h6,9H,7-8,13H2,1-5H3;5-7H,4H2,1-3H3/b10-6+;. The second-order valence-electron chi connectivity index (χ2n) is 8.35. The van der Waals surface area contributed by atoms with E-state index < -0.39 is 5.60 Å². The van der Waals surface area contributed by atoms with Crippen molar-refractivity contribution in [2.75, 3.05) is 0 Å². The van der Waals surface area contributed by atoms with Crippen molar-refractivity contribution in [3.8, 4) is 0 Å². The van der Waals surface area contributed by atoms with Crippen LogP contribution >= 0.6 is 15.9 Å². The van der Waals surface area contributed by atoms with Gasteiger partial charge in [-0.2, -0.15) is 0 Å². The lowest BCUT2D eigenvalue weighted by molar-refractivity contribution is -0.155. The Morgan fingerprint density at radius 2 is 1.86 bits per heavy atom. The number of esters is 1. The van der Waals surface area contributed by atoms with Gasteiger partial charge in [0.15, 0.2) is 5.78 Å². The second kappa shape index (κ2) is 12.8. The minimum absolute atomic E-state index is 0.00831. The normalized spacial score (nSPS) is 12.8. The SMILES string of the molecule is C/C=C(/N)C(C)CCC(=O)OC(C)(C)C.CCc1cc(Br)cnc1C(=O)C(C)C. The molecule has 0 saturated carbocycles. The molecule has 0 saturated heterocycles. The highest BCUT2D eigenvalue weighted by atomic mass is 79.9. The van der Waals surface area contributed by atoms with E-state index >= 15 is 0 Å². The van der Waals surface area contributed by atoms with E-state index in [1.54, 1.807) is 6.20 Å². The van der Waals surface area contributed by atoms with Crippen LogP contribution in [0.25, 0.3) is 0 Å². The third-order valence-electron chi connectivity index (χ3n) is 4.18. The van der Waals surface area contributed by atoms with E-state index in [2.05, 4.69) is 20.9 Å². The van der Waals surface area contributed by atoms with Crippen LogP contribution in [0.4, 0.5) is 0 Å². The van der Waals surface area contributed by atoms with Crippen LogP contribution in [0.5, 0.6) is 0 Å². The summed E-state index contributed by atoms with van der Waals surface area (Å²) in [6.07, 6.45) is 5.55. The van der Waals surface area contributed by atoms with Crippen molar-refractivity contribution in [3.63, 3.8) is 0 Å². The Morgan fingerprint density at radius 3 is 2.31 bits per heavy atom. The molecule has 0 bridgehead atoms. The van der Waals surface area contributed by atoms with Gasteiger partial charge in [0.2, 0.25) is 0 Å². The minimum atomic E-state index is -0.396. The Bertz CT molecular complexity index is 707. The summed E-state index contributed by atoms with van der Waals surface area (Å²) in [6.45, 7) is 15.3. The zero-order valence-corrected chi connectivity index (χ0v) is 20.7. The van der Waals surface area contributed by atoms with Gasteiger partial charge in [0, 0.05) is 28.7 Å². The van der Waals surface area contributed by atoms with E-state index in [1.165, 1.54) is 0 Å². The van der Waals surface area contributed by atoms with Crippen molar-refractivity contribution in [3.05, 3.63) is 39.8 Å². The van der Waals surface area contributed by atoms with Crippen LogP contribution in [0.1, 0.15) is 84.3 Å². The highest BCUT2D eigenvalue weighted by Crippen LogP contribution is 2.17. The lowest BCUT2D eigenvalue weighted by Gasteiger charge is -2.20. The predicted molar refractivity (Wildman–Crippen MR) is 123 cm³/mol. The summed E-state index contributed by atoms with van der Waals surface area (Å²) in [5, 5.41) is 0. The molecule has 0 aliphatic carbocycles. The van der Waals surface area contributed by atoms with Crippen molar-refractivity contribution < 1.29 is 14.3 Å². The maximum absolute atomic E-state index is 11.8. The molecule has 0 aromatic carbocycles. The second-order valence-corrected chi connectivity index (χ2v) is 9.26. The Morgan fingerprint density at radius 1 is 1.28 bits per heavy atom. The fraction of sp³-hybridized carbons (Fsp3) is 0.609. The Hall–Kier alpha value is -1.69. The molecule has 1 unspecified atom stereocenters. The molecule has 0 amide bonds. The van der Waals surface area contributed by atoms with E-state index in [0.29, 0.717) is 12.1 Å². The van der Waals surface area contributed by atoms with Crippen LogP contribution in [0.15, 0.2) is 28.5 Å². The van der Waals surface area contributed by atoms with Gasteiger partial charge in [0.25, 0.3) is 0 Å². The van der Waals surface area contributed by atoms with Crippen molar-refractivity contribution in [2.45, 2.75) is 80.3 Å². The van der Waals surface area contributed by atoms with Gasteiger partial charge in [0.05, 0.1) is 0 Å². The predicted octanol–water partition coefficient (Wildman–Crippen LogP) is 5.85. The van der Waals surface area contributed by atoms with Crippen molar-refractivity contribution in [2.24, 2.45) is 17.6 Å². The number of hydrogen-bond donors (Lipinski definition) is 1. The van der Waals surface area contributed by atoms with Crippen LogP contribution < -0.4 is 5.73 Å². The molecule has 6 heteroatoms. The zero-order valence-electron chi connectivity index (χ0n) is 19.1. The Kier molecular flexibility index (Phi) is 12.0. The number of nitrogens with two attached hydrogens (primary N) is 1. The number of hydrogen-bond acceptors (Lipinski definition) is 5. The van der Waals surface area contributed by atoms with Gasteiger partial charge < -0.3 is 10.5 Å².